The summed E-state index contributed by atoms with van der Waals surface area (Å²) in [5.41, 5.74) is 1.52. The molecule has 2 rings (SSSR count). The van der Waals surface area contributed by atoms with Crippen LogP contribution in [0.15, 0.2) is 24.3 Å². The second kappa shape index (κ2) is 7.78. The molecule has 1 fully saturated rings. The van der Waals surface area contributed by atoms with Gasteiger partial charge in [0.25, 0.3) is 0 Å². The first kappa shape index (κ1) is 16.3. The number of aliphatic hydroxyl groups excluding tert-OH is 2. The van der Waals surface area contributed by atoms with Crippen LogP contribution in [-0.4, -0.2) is 42.6 Å². The molecule has 1 saturated carbocycles. The number of rotatable bonds is 10. The third kappa shape index (κ3) is 5.30. The molecule has 1 aliphatic carbocycles. The maximum absolute atomic E-state index is 9.95. The van der Waals surface area contributed by atoms with Crippen molar-refractivity contribution < 1.29 is 14.9 Å². The van der Waals surface area contributed by atoms with Crippen LogP contribution in [0.25, 0.3) is 0 Å². The van der Waals surface area contributed by atoms with Gasteiger partial charge in [0.1, 0.15) is 18.5 Å². The highest BCUT2D eigenvalue weighted by molar-refractivity contribution is 5.28. The standard InChI is InChI=1S/C17H27NO3/c1-2-14-4-3-5-16(10-14)21-12-15(20)11-18-13-17(6-7-17)8-9-19/h3-5,10,15,18-20H,2,6-9,11-13H2,1H3. The Morgan fingerprint density at radius 1 is 1.38 bits per heavy atom. The minimum atomic E-state index is -0.514. The second-order valence-corrected chi connectivity index (χ2v) is 6.07. The van der Waals surface area contributed by atoms with Crippen molar-refractivity contribution in [3.8, 4) is 5.75 Å². The Morgan fingerprint density at radius 2 is 2.19 bits per heavy atom. The fourth-order valence-corrected chi connectivity index (χ4v) is 2.54. The lowest BCUT2D eigenvalue weighted by Crippen LogP contribution is -2.35. The van der Waals surface area contributed by atoms with Crippen molar-refractivity contribution >= 4 is 0 Å². The number of benzene rings is 1. The van der Waals surface area contributed by atoms with Gasteiger partial charge in [-0.2, -0.15) is 0 Å². The lowest BCUT2D eigenvalue weighted by molar-refractivity contribution is 0.104. The van der Waals surface area contributed by atoms with E-state index in [1.807, 2.05) is 18.2 Å². The summed E-state index contributed by atoms with van der Waals surface area (Å²) >= 11 is 0. The van der Waals surface area contributed by atoms with Crippen LogP contribution in [0, 0.1) is 5.41 Å². The van der Waals surface area contributed by atoms with Crippen molar-refractivity contribution in [3.05, 3.63) is 29.8 Å². The molecule has 1 aromatic rings. The van der Waals surface area contributed by atoms with Gasteiger partial charge in [-0.25, -0.2) is 0 Å². The molecule has 0 radical (unpaired) electrons. The molecule has 4 nitrogen and oxygen atoms in total. The highest BCUT2D eigenvalue weighted by Gasteiger charge is 2.41. The lowest BCUT2D eigenvalue weighted by atomic mass is 10.0. The molecule has 0 saturated heterocycles. The molecule has 0 heterocycles. The fraction of sp³-hybridized carbons (Fsp3) is 0.647. The van der Waals surface area contributed by atoms with Crippen LogP contribution in [0.1, 0.15) is 31.7 Å². The predicted octanol–water partition coefficient (Wildman–Crippen LogP) is 1.74. The van der Waals surface area contributed by atoms with Crippen LogP contribution in [0.3, 0.4) is 0 Å². The number of hydrogen-bond acceptors (Lipinski definition) is 4. The topological polar surface area (TPSA) is 61.7 Å². The number of nitrogens with one attached hydrogen (secondary N) is 1. The van der Waals surface area contributed by atoms with E-state index in [0.717, 1.165) is 25.1 Å². The number of hydrogen-bond donors (Lipinski definition) is 3. The van der Waals surface area contributed by atoms with Gasteiger partial charge >= 0.3 is 0 Å². The largest absolute Gasteiger partial charge is 0.491 e. The summed E-state index contributed by atoms with van der Waals surface area (Å²) in [6.07, 6.45) is 3.68. The molecular formula is C17H27NO3. The Morgan fingerprint density at radius 3 is 2.86 bits per heavy atom. The summed E-state index contributed by atoms with van der Waals surface area (Å²) in [6.45, 7) is 4.06. The van der Waals surface area contributed by atoms with E-state index < -0.39 is 6.10 Å². The van der Waals surface area contributed by atoms with Crippen LogP contribution in [0.2, 0.25) is 0 Å². The Balaban J connectivity index is 1.64. The summed E-state index contributed by atoms with van der Waals surface area (Å²) in [6, 6.07) is 7.98. The van der Waals surface area contributed by atoms with Gasteiger partial charge in [0, 0.05) is 19.7 Å². The zero-order valence-corrected chi connectivity index (χ0v) is 12.8. The molecule has 21 heavy (non-hydrogen) atoms. The van der Waals surface area contributed by atoms with Gasteiger partial charge in [-0.1, -0.05) is 19.1 Å². The molecular weight excluding hydrogens is 266 g/mol. The summed E-state index contributed by atoms with van der Waals surface area (Å²) in [5, 5.41) is 22.2. The molecule has 4 heteroatoms. The summed E-state index contributed by atoms with van der Waals surface area (Å²) in [7, 11) is 0. The molecule has 1 atom stereocenters. The molecule has 3 N–H and O–H groups in total. The zero-order valence-electron chi connectivity index (χ0n) is 12.8. The van der Waals surface area contributed by atoms with Gasteiger partial charge in [0.15, 0.2) is 0 Å². The molecule has 1 unspecified atom stereocenters. The third-order valence-electron chi connectivity index (χ3n) is 4.23. The van der Waals surface area contributed by atoms with E-state index in [-0.39, 0.29) is 12.0 Å². The average Bonchev–Trinajstić information content (AvgIpc) is 3.25. The highest BCUT2D eigenvalue weighted by Crippen LogP contribution is 2.47. The summed E-state index contributed by atoms with van der Waals surface area (Å²) < 4.78 is 5.63. The highest BCUT2D eigenvalue weighted by atomic mass is 16.5. The maximum Gasteiger partial charge on any atom is 0.119 e. The van der Waals surface area contributed by atoms with Gasteiger partial charge in [-0.15, -0.1) is 0 Å². The van der Waals surface area contributed by atoms with Crippen molar-refractivity contribution in [2.24, 2.45) is 5.41 Å². The van der Waals surface area contributed by atoms with E-state index in [1.54, 1.807) is 0 Å². The van der Waals surface area contributed by atoms with Crippen LogP contribution in [0.4, 0.5) is 0 Å². The number of aliphatic hydroxyl groups is 2. The van der Waals surface area contributed by atoms with E-state index in [0.29, 0.717) is 13.2 Å². The molecule has 0 amide bonds. The molecule has 1 aliphatic rings. The molecule has 1 aromatic carbocycles. The summed E-state index contributed by atoms with van der Waals surface area (Å²) in [4.78, 5) is 0. The zero-order chi connectivity index (χ0) is 15.1. The van der Waals surface area contributed by atoms with Crippen LogP contribution in [-0.2, 0) is 6.42 Å². The van der Waals surface area contributed by atoms with Crippen LogP contribution >= 0.6 is 0 Å². The average molecular weight is 293 g/mol. The van der Waals surface area contributed by atoms with Gasteiger partial charge in [0.05, 0.1) is 0 Å². The van der Waals surface area contributed by atoms with Crippen molar-refractivity contribution in [3.63, 3.8) is 0 Å². The maximum atomic E-state index is 9.95. The van der Waals surface area contributed by atoms with Gasteiger partial charge in [-0.05, 0) is 48.8 Å². The van der Waals surface area contributed by atoms with E-state index in [2.05, 4.69) is 18.3 Å². The Hall–Kier alpha value is -1.10. The van der Waals surface area contributed by atoms with Crippen molar-refractivity contribution in [2.75, 3.05) is 26.3 Å². The number of ether oxygens (including phenoxy) is 1. The molecule has 0 aromatic heterocycles. The lowest BCUT2D eigenvalue weighted by Gasteiger charge is -2.17. The molecule has 118 valence electrons. The molecule has 0 aliphatic heterocycles. The second-order valence-electron chi connectivity index (χ2n) is 6.07. The van der Waals surface area contributed by atoms with Crippen LogP contribution < -0.4 is 10.1 Å². The summed E-state index contributed by atoms with van der Waals surface area (Å²) in [5.74, 6) is 0.812. The first-order valence-electron chi connectivity index (χ1n) is 7.89. The van der Waals surface area contributed by atoms with Crippen LogP contribution in [0.5, 0.6) is 5.75 Å². The monoisotopic (exact) mass is 293 g/mol. The van der Waals surface area contributed by atoms with Crippen molar-refractivity contribution in [1.29, 1.82) is 0 Å². The van der Waals surface area contributed by atoms with Gasteiger partial charge in [0.2, 0.25) is 0 Å². The Labute approximate surface area is 127 Å². The molecule has 0 spiro atoms. The SMILES string of the molecule is CCc1cccc(OCC(O)CNCC2(CCO)CC2)c1. The van der Waals surface area contributed by atoms with E-state index in [1.165, 1.54) is 18.4 Å². The van der Waals surface area contributed by atoms with E-state index >= 15 is 0 Å². The van der Waals surface area contributed by atoms with Crippen molar-refractivity contribution in [2.45, 2.75) is 38.7 Å². The van der Waals surface area contributed by atoms with Gasteiger partial charge < -0.3 is 20.3 Å². The fourth-order valence-electron chi connectivity index (χ4n) is 2.54. The minimum Gasteiger partial charge on any atom is -0.491 e. The van der Waals surface area contributed by atoms with Gasteiger partial charge in [-0.3, -0.25) is 0 Å². The van der Waals surface area contributed by atoms with E-state index in [9.17, 15) is 5.11 Å². The third-order valence-corrected chi connectivity index (χ3v) is 4.23. The Kier molecular flexibility index (Phi) is 6.03. The predicted molar refractivity (Wildman–Crippen MR) is 83.6 cm³/mol. The molecule has 0 bridgehead atoms. The van der Waals surface area contributed by atoms with Crippen molar-refractivity contribution in [1.82, 2.24) is 5.32 Å². The normalized spacial score (nSPS) is 17.5. The smallest absolute Gasteiger partial charge is 0.119 e. The first-order valence-corrected chi connectivity index (χ1v) is 7.89. The Bertz CT molecular complexity index is 432. The first-order chi connectivity index (χ1) is 10.2. The minimum absolute atomic E-state index is 0.251. The number of aryl methyl sites for hydroxylation is 1. The quantitative estimate of drug-likeness (QED) is 0.615. The van der Waals surface area contributed by atoms with E-state index in [4.69, 9.17) is 9.84 Å².